The third-order valence-electron chi connectivity index (χ3n) is 4.21. The van der Waals surface area contributed by atoms with Crippen LogP contribution >= 0.6 is 11.8 Å². The molecule has 0 radical (unpaired) electrons. The first-order valence-corrected chi connectivity index (χ1v) is 9.96. The molecule has 142 valence electrons. The van der Waals surface area contributed by atoms with E-state index in [0.29, 0.717) is 28.5 Å². The molecule has 0 aliphatic carbocycles. The monoisotopic (exact) mass is 401 g/mol. The van der Waals surface area contributed by atoms with Crippen LogP contribution in [0.3, 0.4) is 0 Å². The van der Waals surface area contributed by atoms with E-state index in [1.165, 1.54) is 11.8 Å². The fourth-order valence-corrected chi connectivity index (χ4v) is 3.54. The highest BCUT2D eigenvalue weighted by Crippen LogP contribution is 2.36. The predicted molar refractivity (Wildman–Crippen MR) is 109 cm³/mol. The van der Waals surface area contributed by atoms with E-state index in [-0.39, 0.29) is 0 Å². The lowest BCUT2D eigenvalue weighted by Gasteiger charge is -2.00. The molecule has 3 aromatic heterocycles. The molecule has 0 saturated carbocycles. The molecule has 0 aliphatic heterocycles. The van der Waals surface area contributed by atoms with E-state index in [9.17, 15) is 0 Å². The van der Waals surface area contributed by atoms with Crippen LogP contribution in [0, 0.1) is 0 Å². The Balaban J connectivity index is 1.41. The summed E-state index contributed by atoms with van der Waals surface area (Å²) < 4.78 is 17.0. The SMILES string of the molecule is c1ccc(-c2nc(SCc3nnc(-c4ccco4)o3)oc2-c2ccccc2)cc1. The normalized spacial score (nSPS) is 11.0. The largest absolute Gasteiger partial charge is 0.459 e. The molecule has 0 unspecified atom stereocenters. The lowest BCUT2D eigenvalue weighted by Crippen LogP contribution is -1.82. The molecule has 6 nitrogen and oxygen atoms in total. The minimum atomic E-state index is 0.355. The average molecular weight is 401 g/mol. The predicted octanol–water partition coefficient (Wildman–Crippen LogP) is 5.94. The molecular weight excluding hydrogens is 386 g/mol. The number of rotatable bonds is 6. The van der Waals surface area contributed by atoms with Gasteiger partial charge >= 0.3 is 0 Å². The van der Waals surface area contributed by atoms with Crippen molar-refractivity contribution < 1.29 is 13.3 Å². The topological polar surface area (TPSA) is 78.1 Å². The van der Waals surface area contributed by atoms with Gasteiger partial charge in [0.2, 0.25) is 5.89 Å². The number of furan rings is 1. The molecule has 0 fully saturated rings. The van der Waals surface area contributed by atoms with Gasteiger partial charge in [0.15, 0.2) is 11.5 Å². The van der Waals surface area contributed by atoms with E-state index < -0.39 is 0 Å². The van der Waals surface area contributed by atoms with Crippen molar-refractivity contribution in [3.8, 4) is 34.2 Å². The van der Waals surface area contributed by atoms with Gasteiger partial charge in [0.05, 0.1) is 12.0 Å². The van der Waals surface area contributed by atoms with Gasteiger partial charge in [-0.05, 0) is 12.1 Å². The van der Waals surface area contributed by atoms with Crippen molar-refractivity contribution in [1.82, 2.24) is 15.2 Å². The van der Waals surface area contributed by atoms with Crippen molar-refractivity contribution >= 4 is 11.8 Å². The quantitative estimate of drug-likeness (QED) is 0.326. The second-order valence-electron chi connectivity index (χ2n) is 6.16. The molecule has 0 saturated heterocycles. The van der Waals surface area contributed by atoms with Gasteiger partial charge < -0.3 is 13.3 Å². The lowest BCUT2D eigenvalue weighted by molar-refractivity contribution is 0.463. The summed E-state index contributed by atoms with van der Waals surface area (Å²) in [5.74, 6) is 2.55. The molecule has 0 amide bonds. The fraction of sp³-hybridized carbons (Fsp3) is 0.0455. The third-order valence-corrected chi connectivity index (χ3v) is 5.02. The Morgan fingerprint density at radius 1 is 0.759 bits per heavy atom. The van der Waals surface area contributed by atoms with Gasteiger partial charge in [-0.3, -0.25) is 0 Å². The van der Waals surface area contributed by atoms with Gasteiger partial charge in [0.1, 0.15) is 5.69 Å². The van der Waals surface area contributed by atoms with E-state index in [1.54, 1.807) is 18.4 Å². The summed E-state index contributed by atoms with van der Waals surface area (Å²) in [6.45, 7) is 0. The average Bonchev–Trinajstić information content (AvgIpc) is 3.54. The maximum atomic E-state index is 6.10. The third kappa shape index (κ3) is 3.72. The highest BCUT2D eigenvalue weighted by atomic mass is 32.2. The molecular formula is C22H15N3O3S. The maximum absolute atomic E-state index is 6.10. The van der Waals surface area contributed by atoms with Crippen LogP contribution in [0.1, 0.15) is 5.89 Å². The Labute approximate surface area is 170 Å². The van der Waals surface area contributed by atoms with Crippen LogP contribution in [0.2, 0.25) is 0 Å². The standard InChI is InChI=1S/C22H15N3O3S/c1-3-8-15(9-4-1)19-20(16-10-5-2-6-11-16)28-22(23-19)29-14-18-24-25-21(27-18)17-12-7-13-26-17/h1-13H,14H2. The van der Waals surface area contributed by atoms with Crippen LogP contribution in [0.5, 0.6) is 0 Å². The van der Waals surface area contributed by atoms with Gasteiger partial charge in [-0.2, -0.15) is 0 Å². The molecule has 3 heterocycles. The minimum Gasteiger partial charge on any atom is -0.459 e. The molecule has 29 heavy (non-hydrogen) atoms. The van der Waals surface area contributed by atoms with E-state index in [0.717, 1.165) is 22.6 Å². The van der Waals surface area contributed by atoms with Crippen molar-refractivity contribution in [2.24, 2.45) is 0 Å². The van der Waals surface area contributed by atoms with E-state index in [1.807, 2.05) is 60.7 Å². The van der Waals surface area contributed by atoms with Crippen LogP contribution in [-0.2, 0) is 5.75 Å². The molecule has 2 aromatic carbocycles. The Morgan fingerprint density at radius 2 is 1.52 bits per heavy atom. The van der Waals surface area contributed by atoms with Crippen LogP contribution < -0.4 is 0 Å². The molecule has 5 rings (SSSR count). The van der Waals surface area contributed by atoms with Crippen LogP contribution in [-0.4, -0.2) is 15.2 Å². The molecule has 0 N–H and O–H groups in total. The summed E-state index contributed by atoms with van der Waals surface area (Å²) in [5, 5.41) is 8.62. The number of aromatic nitrogens is 3. The fourth-order valence-electron chi connectivity index (χ4n) is 2.87. The number of nitrogens with zero attached hydrogens (tertiary/aromatic N) is 3. The lowest BCUT2D eigenvalue weighted by atomic mass is 10.1. The van der Waals surface area contributed by atoms with E-state index in [4.69, 9.17) is 18.2 Å². The van der Waals surface area contributed by atoms with Gasteiger partial charge in [-0.25, -0.2) is 4.98 Å². The highest BCUT2D eigenvalue weighted by molar-refractivity contribution is 7.98. The first-order chi connectivity index (χ1) is 14.4. The van der Waals surface area contributed by atoms with Gasteiger partial charge in [-0.1, -0.05) is 72.4 Å². The number of thioether (sulfide) groups is 1. The van der Waals surface area contributed by atoms with Crippen molar-refractivity contribution in [1.29, 1.82) is 0 Å². The maximum Gasteiger partial charge on any atom is 0.283 e. The van der Waals surface area contributed by atoms with Crippen LogP contribution in [0.4, 0.5) is 0 Å². The molecule has 7 heteroatoms. The molecule has 0 atom stereocenters. The smallest absolute Gasteiger partial charge is 0.283 e. The molecule has 5 aromatic rings. The van der Waals surface area contributed by atoms with Gasteiger partial charge in [-0.15, -0.1) is 10.2 Å². The zero-order chi connectivity index (χ0) is 19.5. The Morgan fingerprint density at radius 3 is 2.24 bits per heavy atom. The zero-order valence-electron chi connectivity index (χ0n) is 15.2. The van der Waals surface area contributed by atoms with Crippen LogP contribution in [0.25, 0.3) is 34.2 Å². The zero-order valence-corrected chi connectivity index (χ0v) is 16.0. The van der Waals surface area contributed by atoms with Crippen molar-refractivity contribution in [3.05, 3.63) is 85.0 Å². The number of oxazole rings is 1. The van der Waals surface area contributed by atoms with Gasteiger partial charge in [0.25, 0.3) is 11.1 Å². The Bertz CT molecular complexity index is 1140. The summed E-state index contributed by atoms with van der Waals surface area (Å²) in [5.41, 5.74) is 2.78. The second kappa shape index (κ2) is 7.81. The number of benzene rings is 2. The van der Waals surface area contributed by atoms with Crippen molar-refractivity contribution in [3.63, 3.8) is 0 Å². The summed E-state index contributed by atoms with van der Waals surface area (Å²) in [4.78, 5) is 4.72. The highest BCUT2D eigenvalue weighted by Gasteiger charge is 2.18. The molecule has 0 bridgehead atoms. The summed E-state index contributed by atoms with van der Waals surface area (Å²) in [6.07, 6.45) is 1.57. The van der Waals surface area contributed by atoms with Gasteiger partial charge in [0, 0.05) is 11.1 Å². The number of hydrogen-bond donors (Lipinski definition) is 0. The summed E-state index contributed by atoms with van der Waals surface area (Å²) in [7, 11) is 0. The Kier molecular flexibility index (Phi) is 4.72. The van der Waals surface area contributed by atoms with E-state index in [2.05, 4.69) is 10.2 Å². The van der Waals surface area contributed by atoms with Crippen LogP contribution in [0.15, 0.2) is 97.5 Å². The molecule has 0 spiro atoms. The first-order valence-electron chi connectivity index (χ1n) is 8.97. The summed E-state index contributed by atoms with van der Waals surface area (Å²) >= 11 is 1.40. The van der Waals surface area contributed by atoms with Crippen molar-refractivity contribution in [2.75, 3.05) is 0 Å². The summed E-state index contributed by atoms with van der Waals surface area (Å²) in [6, 6.07) is 23.5. The second-order valence-corrected chi connectivity index (χ2v) is 7.08. The molecule has 0 aliphatic rings. The first kappa shape index (κ1) is 17.5. The van der Waals surface area contributed by atoms with Crippen molar-refractivity contribution in [2.45, 2.75) is 11.0 Å². The number of hydrogen-bond acceptors (Lipinski definition) is 7. The Hall–Kier alpha value is -3.58. The van der Waals surface area contributed by atoms with E-state index >= 15 is 0 Å². The minimum absolute atomic E-state index is 0.355.